The molecule has 1 atom stereocenters. The third-order valence-electron chi connectivity index (χ3n) is 4.35. The first kappa shape index (κ1) is 15.6. The Bertz CT molecular complexity index is 499. The fourth-order valence-corrected chi connectivity index (χ4v) is 2.93. The van der Waals surface area contributed by atoms with Crippen LogP contribution < -0.4 is 5.32 Å². The van der Waals surface area contributed by atoms with Crippen LogP contribution in [0.5, 0.6) is 5.75 Å². The number of likely N-dealkylation sites (tertiary alicyclic amines) is 1. The second-order valence-electron chi connectivity index (χ2n) is 5.66. The summed E-state index contributed by atoms with van der Waals surface area (Å²) in [4.78, 5) is 13.0. The number of nitrogens with one attached hydrogen (secondary N) is 1. The summed E-state index contributed by atoms with van der Waals surface area (Å²) in [6.45, 7) is 7.50. The zero-order valence-corrected chi connectivity index (χ0v) is 12.6. The number of aromatic hydroxyl groups is 1. The first-order chi connectivity index (χ1) is 10.0. The maximum atomic E-state index is 11.1. The van der Waals surface area contributed by atoms with E-state index in [0.29, 0.717) is 11.6 Å². The van der Waals surface area contributed by atoms with E-state index in [2.05, 4.69) is 24.1 Å². The number of benzene rings is 1. The molecule has 0 radical (unpaired) electrons. The van der Waals surface area contributed by atoms with Crippen molar-refractivity contribution in [2.45, 2.75) is 32.7 Å². The van der Waals surface area contributed by atoms with Gasteiger partial charge in [-0.05, 0) is 57.5 Å². The molecular formula is C15H23N3O3. The predicted molar refractivity (Wildman–Crippen MR) is 82.7 cm³/mol. The fraction of sp³-hybridized carbons (Fsp3) is 0.600. The Balaban J connectivity index is 2.03. The molecule has 1 fully saturated rings. The van der Waals surface area contributed by atoms with E-state index in [1.165, 1.54) is 12.1 Å². The average Bonchev–Trinajstić information content (AvgIpc) is 2.49. The molecule has 0 bridgehead atoms. The molecule has 1 heterocycles. The van der Waals surface area contributed by atoms with Crippen molar-refractivity contribution >= 4 is 11.4 Å². The molecule has 0 aromatic heterocycles. The first-order valence-electron chi connectivity index (χ1n) is 7.47. The van der Waals surface area contributed by atoms with Gasteiger partial charge in [0.25, 0.3) is 5.69 Å². The lowest BCUT2D eigenvalue weighted by molar-refractivity contribution is -0.384. The van der Waals surface area contributed by atoms with Gasteiger partial charge < -0.3 is 15.3 Å². The molecule has 1 aromatic rings. The van der Waals surface area contributed by atoms with Crippen LogP contribution in [0.25, 0.3) is 0 Å². The number of hydrogen-bond donors (Lipinski definition) is 2. The standard InChI is InChI=1S/C15H23N3O3/c1-3-17-8-6-12(7-9-17)11(2)16-14-5-4-13(19)10-15(14)18(20)21/h4-5,10-12,16,19H,3,6-9H2,1-2H3. The summed E-state index contributed by atoms with van der Waals surface area (Å²) < 4.78 is 0. The number of phenolic OH excluding ortho intramolecular Hbond substituents is 1. The van der Waals surface area contributed by atoms with E-state index in [9.17, 15) is 15.2 Å². The quantitative estimate of drug-likeness (QED) is 0.496. The van der Waals surface area contributed by atoms with Crippen LogP contribution >= 0.6 is 0 Å². The molecule has 6 nitrogen and oxygen atoms in total. The van der Waals surface area contributed by atoms with Gasteiger partial charge >= 0.3 is 0 Å². The van der Waals surface area contributed by atoms with E-state index in [1.54, 1.807) is 6.07 Å². The van der Waals surface area contributed by atoms with Crippen molar-refractivity contribution in [3.8, 4) is 5.75 Å². The van der Waals surface area contributed by atoms with Gasteiger partial charge in [-0.15, -0.1) is 0 Å². The second-order valence-corrected chi connectivity index (χ2v) is 5.66. The van der Waals surface area contributed by atoms with Crippen LogP contribution in [0.1, 0.15) is 26.7 Å². The van der Waals surface area contributed by atoms with Crippen molar-refractivity contribution in [2.24, 2.45) is 5.92 Å². The van der Waals surface area contributed by atoms with Gasteiger partial charge in [0.15, 0.2) is 0 Å². The molecule has 1 saturated heterocycles. The largest absolute Gasteiger partial charge is 0.508 e. The number of phenols is 1. The van der Waals surface area contributed by atoms with Gasteiger partial charge in [0.2, 0.25) is 0 Å². The monoisotopic (exact) mass is 293 g/mol. The number of hydrogen-bond acceptors (Lipinski definition) is 5. The van der Waals surface area contributed by atoms with Crippen LogP contribution in [0, 0.1) is 16.0 Å². The zero-order valence-electron chi connectivity index (χ0n) is 12.6. The number of nitro benzene ring substituents is 1. The minimum Gasteiger partial charge on any atom is -0.508 e. The summed E-state index contributed by atoms with van der Waals surface area (Å²) in [6.07, 6.45) is 2.21. The van der Waals surface area contributed by atoms with Gasteiger partial charge in [0, 0.05) is 6.04 Å². The first-order valence-corrected chi connectivity index (χ1v) is 7.47. The Morgan fingerprint density at radius 2 is 2.14 bits per heavy atom. The summed E-state index contributed by atoms with van der Waals surface area (Å²) in [5.41, 5.74) is 0.399. The number of nitrogens with zero attached hydrogens (tertiary/aromatic N) is 2. The van der Waals surface area contributed by atoms with Crippen LogP contribution in [0.3, 0.4) is 0 Å². The maximum Gasteiger partial charge on any atom is 0.296 e. The molecule has 0 saturated carbocycles. The molecule has 6 heteroatoms. The third-order valence-corrected chi connectivity index (χ3v) is 4.35. The molecular weight excluding hydrogens is 270 g/mol. The Kier molecular flexibility index (Phi) is 5.01. The lowest BCUT2D eigenvalue weighted by Crippen LogP contribution is -2.39. The van der Waals surface area contributed by atoms with Gasteiger partial charge in [-0.25, -0.2) is 0 Å². The van der Waals surface area contributed by atoms with E-state index in [4.69, 9.17) is 0 Å². The van der Waals surface area contributed by atoms with Crippen LogP contribution in [0.15, 0.2) is 18.2 Å². The van der Waals surface area contributed by atoms with Crippen LogP contribution in [-0.2, 0) is 0 Å². The van der Waals surface area contributed by atoms with Crippen molar-refractivity contribution in [1.82, 2.24) is 4.90 Å². The van der Waals surface area contributed by atoms with E-state index >= 15 is 0 Å². The van der Waals surface area contributed by atoms with Crippen molar-refractivity contribution in [3.05, 3.63) is 28.3 Å². The van der Waals surface area contributed by atoms with Crippen molar-refractivity contribution in [3.63, 3.8) is 0 Å². The van der Waals surface area contributed by atoms with Gasteiger partial charge in [0.05, 0.1) is 11.0 Å². The van der Waals surface area contributed by atoms with E-state index < -0.39 is 4.92 Å². The summed E-state index contributed by atoms with van der Waals surface area (Å²) >= 11 is 0. The molecule has 0 aliphatic carbocycles. The Morgan fingerprint density at radius 3 is 2.71 bits per heavy atom. The van der Waals surface area contributed by atoms with Gasteiger partial charge in [-0.2, -0.15) is 0 Å². The molecule has 116 valence electrons. The van der Waals surface area contributed by atoms with Gasteiger partial charge in [-0.1, -0.05) is 6.92 Å². The van der Waals surface area contributed by atoms with Crippen molar-refractivity contribution in [1.29, 1.82) is 0 Å². The normalized spacial score (nSPS) is 18.4. The highest BCUT2D eigenvalue weighted by Gasteiger charge is 2.25. The van der Waals surface area contributed by atoms with Crippen LogP contribution in [0.2, 0.25) is 0 Å². The molecule has 1 aromatic carbocycles. The number of anilines is 1. The van der Waals surface area contributed by atoms with E-state index in [0.717, 1.165) is 32.5 Å². The molecule has 2 N–H and O–H groups in total. The summed E-state index contributed by atoms with van der Waals surface area (Å²) in [6, 6.07) is 4.41. The van der Waals surface area contributed by atoms with Crippen molar-refractivity contribution < 1.29 is 10.0 Å². The van der Waals surface area contributed by atoms with Crippen LogP contribution in [0.4, 0.5) is 11.4 Å². The minimum absolute atomic E-state index is 0.0761. The number of nitro groups is 1. The third kappa shape index (κ3) is 3.85. The molecule has 1 aliphatic heterocycles. The Morgan fingerprint density at radius 1 is 1.48 bits per heavy atom. The Hall–Kier alpha value is -1.82. The summed E-state index contributed by atoms with van der Waals surface area (Å²) in [5.74, 6) is 0.428. The highest BCUT2D eigenvalue weighted by atomic mass is 16.6. The topological polar surface area (TPSA) is 78.6 Å². The highest BCUT2D eigenvalue weighted by molar-refractivity contribution is 5.64. The van der Waals surface area contributed by atoms with E-state index in [-0.39, 0.29) is 17.5 Å². The van der Waals surface area contributed by atoms with Crippen LogP contribution in [-0.4, -0.2) is 40.6 Å². The number of piperidine rings is 1. The summed E-state index contributed by atoms with van der Waals surface area (Å²) in [7, 11) is 0. The molecule has 0 amide bonds. The highest BCUT2D eigenvalue weighted by Crippen LogP contribution is 2.31. The van der Waals surface area contributed by atoms with E-state index in [1.807, 2.05) is 0 Å². The fourth-order valence-electron chi connectivity index (χ4n) is 2.93. The molecule has 21 heavy (non-hydrogen) atoms. The smallest absolute Gasteiger partial charge is 0.296 e. The lowest BCUT2D eigenvalue weighted by atomic mass is 9.90. The lowest BCUT2D eigenvalue weighted by Gasteiger charge is -2.34. The minimum atomic E-state index is -0.464. The SMILES string of the molecule is CCN1CCC(C(C)Nc2ccc(O)cc2[N+](=O)[O-])CC1. The van der Waals surface area contributed by atoms with Crippen molar-refractivity contribution in [2.75, 3.05) is 25.0 Å². The molecule has 0 spiro atoms. The second kappa shape index (κ2) is 6.76. The Labute approximate surface area is 124 Å². The zero-order chi connectivity index (χ0) is 15.4. The molecule has 2 rings (SSSR count). The summed E-state index contributed by atoms with van der Waals surface area (Å²) in [5, 5.41) is 23.7. The van der Waals surface area contributed by atoms with Gasteiger partial charge in [0.1, 0.15) is 11.4 Å². The molecule has 1 aliphatic rings. The maximum absolute atomic E-state index is 11.1. The molecule has 1 unspecified atom stereocenters. The number of rotatable bonds is 5. The van der Waals surface area contributed by atoms with Gasteiger partial charge in [-0.3, -0.25) is 10.1 Å². The average molecular weight is 293 g/mol. The predicted octanol–water partition coefficient (Wildman–Crippen LogP) is 2.83.